The van der Waals surface area contributed by atoms with Crippen LogP contribution in [0, 0.1) is 6.92 Å². The summed E-state index contributed by atoms with van der Waals surface area (Å²) in [5, 5.41) is 7.55. The van der Waals surface area contributed by atoms with E-state index in [0.29, 0.717) is 12.6 Å². The predicted molar refractivity (Wildman–Crippen MR) is 54.3 cm³/mol. The van der Waals surface area contributed by atoms with Crippen LogP contribution in [0.5, 0.6) is 0 Å². The molecule has 0 amide bonds. The molecule has 1 fully saturated rings. The molecule has 0 aliphatic carbocycles. The summed E-state index contributed by atoms with van der Waals surface area (Å²) in [4.78, 5) is 11.4. The summed E-state index contributed by atoms with van der Waals surface area (Å²) in [5.74, 6) is 0. The monoisotopic (exact) mass is 193 g/mol. The number of rotatable bonds is 2. The van der Waals surface area contributed by atoms with Gasteiger partial charge in [0.15, 0.2) is 0 Å². The molecule has 2 rings (SSSR count). The lowest BCUT2D eigenvalue weighted by Crippen LogP contribution is -2.33. The minimum absolute atomic E-state index is 0.00991. The van der Waals surface area contributed by atoms with Gasteiger partial charge < -0.3 is 5.32 Å². The first kappa shape index (κ1) is 9.40. The molecule has 0 saturated carbocycles. The van der Waals surface area contributed by atoms with Crippen molar-refractivity contribution in [2.75, 3.05) is 6.54 Å². The standard InChI is InChI=1S/C10H15N3O/c1-8-4-5-10(14)13(12-8)7-9-3-2-6-11-9/h4-5,9,11H,2-3,6-7H2,1H3/t9-/m0/s1. The number of aryl methyl sites for hydroxylation is 1. The maximum atomic E-state index is 11.4. The molecule has 1 saturated heterocycles. The summed E-state index contributed by atoms with van der Waals surface area (Å²) < 4.78 is 1.55. The van der Waals surface area contributed by atoms with Crippen molar-refractivity contribution in [1.82, 2.24) is 15.1 Å². The number of aromatic nitrogens is 2. The van der Waals surface area contributed by atoms with E-state index in [1.807, 2.05) is 6.92 Å². The zero-order valence-electron chi connectivity index (χ0n) is 8.36. The van der Waals surface area contributed by atoms with E-state index >= 15 is 0 Å². The summed E-state index contributed by atoms with van der Waals surface area (Å²) in [5.41, 5.74) is 0.881. The van der Waals surface area contributed by atoms with Gasteiger partial charge in [0.1, 0.15) is 0 Å². The molecular weight excluding hydrogens is 178 g/mol. The van der Waals surface area contributed by atoms with Crippen LogP contribution in [0.1, 0.15) is 18.5 Å². The number of nitrogens with zero attached hydrogens (tertiary/aromatic N) is 2. The number of hydrogen-bond donors (Lipinski definition) is 1. The van der Waals surface area contributed by atoms with Gasteiger partial charge in [0.05, 0.1) is 12.2 Å². The molecule has 4 heteroatoms. The zero-order chi connectivity index (χ0) is 9.97. The van der Waals surface area contributed by atoms with Crippen molar-refractivity contribution >= 4 is 0 Å². The molecule has 0 unspecified atom stereocenters. The summed E-state index contributed by atoms with van der Waals surface area (Å²) in [7, 11) is 0. The zero-order valence-corrected chi connectivity index (χ0v) is 8.36. The van der Waals surface area contributed by atoms with Crippen molar-refractivity contribution in [2.24, 2.45) is 0 Å². The lowest BCUT2D eigenvalue weighted by Gasteiger charge is -2.11. The number of hydrogen-bond acceptors (Lipinski definition) is 3. The van der Waals surface area contributed by atoms with Crippen molar-refractivity contribution in [3.63, 3.8) is 0 Å². The van der Waals surface area contributed by atoms with Crippen LogP contribution in [0.15, 0.2) is 16.9 Å². The summed E-state index contributed by atoms with van der Waals surface area (Å²) in [6.45, 7) is 3.66. The summed E-state index contributed by atoms with van der Waals surface area (Å²) in [6, 6.07) is 3.75. The second-order valence-electron chi connectivity index (χ2n) is 3.79. The molecule has 1 atom stereocenters. The molecule has 2 heterocycles. The van der Waals surface area contributed by atoms with Crippen LogP contribution in [0.25, 0.3) is 0 Å². The van der Waals surface area contributed by atoms with E-state index in [1.54, 1.807) is 16.8 Å². The van der Waals surface area contributed by atoms with E-state index in [2.05, 4.69) is 10.4 Å². The van der Waals surface area contributed by atoms with Crippen molar-refractivity contribution in [1.29, 1.82) is 0 Å². The second kappa shape index (κ2) is 3.92. The lowest BCUT2D eigenvalue weighted by molar-refractivity contribution is 0.456. The van der Waals surface area contributed by atoms with Crippen LogP contribution in [-0.4, -0.2) is 22.4 Å². The predicted octanol–water partition coefficient (Wildman–Crippen LogP) is 0.304. The van der Waals surface area contributed by atoms with Gasteiger partial charge in [-0.1, -0.05) is 0 Å². The van der Waals surface area contributed by atoms with Gasteiger partial charge in [-0.15, -0.1) is 0 Å². The third-order valence-electron chi connectivity index (χ3n) is 2.56. The average molecular weight is 193 g/mol. The number of nitrogens with one attached hydrogen (secondary N) is 1. The van der Waals surface area contributed by atoms with Crippen LogP contribution < -0.4 is 10.9 Å². The molecule has 14 heavy (non-hydrogen) atoms. The van der Waals surface area contributed by atoms with Crippen LogP contribution in [0.3, 0.4) is 0 Å². The van der Waals surface area contributed by atoms with E-state index in [1.165, 1.54) is 6.42 Å². The Morgan fingerprint density at radius 1 is 1.64 bits per heavy atom. The van der Waals surface area contributed by atoms with Gasteiger partial charge in [0.25, 0.3) is 5.56 Å². The molecule has 0 bridgehead atoms. The first-order valence-electron chi connectivity index (χ1n) is 5.04. The maximum absolute atomic E-state index is 11.4. The summed E-state index contributed by atoms with van der Waals surface area (Å²) in [6.07, 6.45) is 2.34. The highest BCUT2D eigenvalue weighted by molar-refractivity contribution is 4.97. The van der Waals surface area contributed by atoms with Crippen LogP contribution >= 0.6 is 0 Å². The Balaban J connectivity index is 2.15. The minimum Gasteiger partial charge on any atom is -0.312 e. The van der Waals surface area contributed by atoms with Crippen LogP contribution in [-0.2, 0) is 6.54 Å². The van der Waals surface area contributed by atoms with Crippen LogP contribution in [0.2, 0.25) is 0 Å². The maximum Gasteiger partial charge on any atom is 0.266 e. The normalized spacial score (nSPS) is 21.4. The molecule has 0 spiro atoms. The topological polar surface area (TPSA) is 46.9 Å². The molecule has 76 valence electrons. The fourth-order valence-corrected chi connectivity index (χ4v) is 1.80. The molecule has 1 aromatic rings. The molecule has 4 nitrogen and oxygen atoms in total. The molecule has 1 aromatic heterocycles. The van der Waals surface area contributed by atoms with Gasteiger partial charge in [-0.25, -0.2) is 4.68 Å². The highest BCUT2D eigenvalue weighted by Gasteiger charge is 2.15. The van der Waals surface area contributed by atoms with Gasteiger partial charge in [-0.3, -0.25) is 4.79 Å². The highest BCUT2D eigenvalue weighted by Crippen LogP contribution is 2.05. The Kier molecular flexibility index (Phi) is 2.63. The largest absolute Gasteiger partial charge is 0.312 e. The van der Waals surface area contributed by atoms with Crippen LogP contribution in [0.4, 0.5) is 0 Å². The Hall–Kier alpha value is -1.16. The Morgan fingerprint density at radius 2 is 2.50 bits per heavy atom. The van der Waals surface area contributed by atoms with Gasteiger partial charge in [-0.05, 0) is 32.4 Å². The Labute approximate surface area is 82.9 Å². The third-order valence-corrected chi connectivity index (χ3v) is 2.56. The minimum atomic E-state index is -0.00991. The van der Waals surface area contributed by atoms with Crippen molar-refractivity contribution < 1.29 is 0 Å². The van der Waals surface area contributed by atoms with E-state index in [0.717, 1.165) is 18.7 Å². The quantitative estimate of drug-likeness (QED) is 0.735. The van der Waals surface area contributed by atoms with E-state index in [9.17, 15) is 4.79 Å². The van der Waals surface area contributed by atoms with E-state index in [4.69, 9.17) is 0 Å². The summed E-state index contributed by atoms with van der Waals surface area (Å²) >= 11 is 0. The molecule has 0 radical (unpaired) electrons. The second-order valence-corrected chi connectivity index (χ2v) is 3.79. The smallest absolute Gasteiger partial charge is 0.266 e. The SMILES string of the molecule is Cc1ccc(=O)n(C[C@@H]2CCCN2)n1. The van der Waals surface area contributed by atoms with Crippen molar-refractivity contribution in [2.45, 2.75) is 32.4 Å². The van der Waals surface area contributed by atoms with E-state index < -0.39 is 0 Å². The molecule has 0 aromatic carbocycles. The highest BCUT2D eigenvalue weighted by atomic mass is 16.1. The molecular formula is C10H15N3O. The Morgan fingerprint density at radius 3 is 3.21 bits per heavy atom. The first-order chi connectivity index (χ1) is 6.75. The van der Waals surface area contributed by atoms with Gasteiger partial charge >= 0.3 is 0 Å². The van der Waals surface area contributed by atoms with Crippen molar-refractivity contribution in [3.8, 4) is 0 Å². The van der Waals surface area contributed by atoms with Gasteiger partial charge in [0.2, 0.25) is 0 Å². The first-order valence-corrected chi connectivity index (χ1v) is 5.04. The van der Waals surface area contributed by atoms with Gasteiger partial charge in [-0.2, -0.15) is 5.10 Å². The fraction of sp³-hybridized carbons (Fsp3) is 0.600. The third kappa shape index (κ3) is 2.01. The molecule has 1 aliphatic heterocycles. The van der Waals surface area contributed by atoms with E-state index in [-0.39, 0.29) is 5.56 Å². The molecule has 1 N–H and O–H groups in total. The lowest BCUT2D eigenvalue weighted by atomic mass is 10.2. The average Bonchev–Trinajstić information content (AvgIpc) is 2.64. The fourth-order valence-electron chi connectivity index (χ4n) is 1.80. The van der Waals surface area contributed by atoms with Gasteiger partial charge in [0, 0.05) is 12.1 Å². The molecule has 1 aliphatic rings. The van der Waals surface area contributed by atoms with Crippen molar-refractivity contribution in [3.05, 3.63) is 28.2 Å². The Bertz CT molecular complexity index is 366.